The molecule has 0 aliphatic carbocycles. The molecule has 1 unspecified atom stereocenters. The van der Waals surface area contributed by atoms with Gasteiger partial charge in [-0.05, 0) is 54.3 Å². The molecule has 36 heavy (non-hydrogen) atoms. The normalized spacial score (nSPS) is 13.4. The largest absolute Gasteiger partial charge is 0.497 e. The molecule has 0 saturated carbocycles. The number of benzene rings is 3. The standard InChI is InChI=1S/C28H34N2O5S/c1-21(2)19-30(36(33,34)25-16-14-24(35-3)15-17-25)20-27(31)26(18-22-10-6-4-7-11-22)29-28(32)23-12-8-5-9-13-23/h4-17,21,26-27,31H,18-20H2,1-3H3,(H,29,32)/t26-,27?/m0/s1. The molecule has 3 aromatic rings. The molecule has 0 aliphatic heterocycles. The fourth-order valence-electron chi connectivity index (χ4n) is 3.90. The number of aliphatic hydroxyl groups is 1. The number of rotatable bonds is 12. The van der Waals surface area contributed by atoms with E-state index in [9.17, 15) is 18.3 Å². The third kappa shape index (κ3) is 7.40. The van der Waals surface area contributed by atoms with Crippen molar-refractivity contribution in [3.8, 4) is 5.75 Å². The van der Waals surface area contributed by atoms with Gasteiger partial charge in [-0.1, -0.05) is 62.4 Å². The topological polar surface area (TPSA) is 95.9 Å². The van der Waals surface area contributed by atoms with E-state index in [1.54, 1.807) is 36.4 Å². The Hall–Kier alpha value is -3.20. The summed E-state index contributed by atoms with van der Waals surface area (Å²) in [7, 11) is -2.38. The molecule has 0 radical (unpaired) electrons. The number of aliphatic hydroxyl groups excluding tert-OH is 1. The van der Waals surface area contributed by atoms with Crippen LogP contribution in [0.2, 0.25) is 0 Å². The van der Waals surface area contributed by atoms with Gasteiger partial charge in [0, 0.05) is 18.7 Å². The predicted octanol–water partition coefficient (Wildman–Crippen LogP) is 3.74. The first-order valence-corrected chi connectivity index (χ1v) is 13.4. The number of hydrogen-bond acceptors (Lipinski definition) is 5. The van der Waals surface area contributed by atoms with Crippen LogP contribution in [-0.4, -0.2) is 56.1 Å². The molecule has 0 fully saturated rings. The van der Waals surface area contributed by atoms with Gasteiger partial charge >= 0.3 is 0 Å². The molecule has 0 heterocycles. The molecule has 1 amide bonds. The zero-order chi connectivity index (χ0) is 26.1. The Morgan fingerprint density at radius 2 is 1.50 bits per heavy atom. The van der Waals surface area contributed by atoms with Crippen molar-refractivity contribution < 1.29 is 23.1 Å². The highest BCUT2D eigenvalue weighted by molar-refractivity contribution is 7.89. The fourth-order valence-corrected chi connectivity index (χ4v) is 5.52. The zero-order valence-corrected chi connectivity index (χ0v) is 21.7. The second-order valence-electron chi connectivity index (χ2n) is 9.09. The van der Waals surface area contributed by atoms with E-state index in [-0.39, 0.29) is 29.8 Å². The molecule has 3 rings (SSSR count). The minimum atomic E-state index is -3.90. The van der Waals surface area contributed by atoms with Crippen LogP contribution >= 0.6 is 0 Å². The van der Waals surface area contributed by atoms with Gasteiger partial charge in [0.1, 0.15) is 5.75 Å². The maximum Gasteiger partial charge on any atom is 0.251 e. The van der Waals surface area contributed by atoms with Gasteiger partial charge in [0.25, 0.3) is 5.91 Å². The number of sulfonamides is 1. The van der Waals surface area contributed by atoms with Crippen molar-refractivity contribution in [2.45, 2.75) is 37.3 Å². The molecule has 0 spiro atoms. The average molecular weight is 511 g/mol. The Morgan fingerprint density at radius 3 is 2.06 bits per heavy atom. The summed E-state index contributed by atoms with van der Waals surface area (Å²) in [6, 6.07) is 23.7. The van der Waals surface area contributed by atoms with Crippen molar-refractivity contribution in [1.82, 2.24) is 9.62 Å². The first kappa shape index (κ1) is 27.4. The number of nitrogens with one attached hydrogen (secondary N) is 1. The van der Waals surface area contributed by atoms with Crippen LogP contribution in [0.5, 0.6) is 5.75 Å². The Morgan fingerprint density at radius 1 is 0.917 bits per heavy atom. The summed E-state index contributed by atoms with van der Waals surface area (Å²) >= 11 is 0. The number of carbonyl (C=O) groups excluding carboxylic acids is 1. The van der Waals surface area contributed by atoms with Gasteiger partial charge < -0.3 is 15.2 Å². The van der Waals surface area contributed by atoms with E-state index in [1.165, 1.54) is 23.5 Å². The van der Waals surface area contributed by atoms with Crippen molar-refractivity contribution >= 4 is 15.9 Å². The minimum Gasteiger partial charge on any atom is -0.497 e. The number of carbonyl (C=O) groups is 1. The van der Waals surface area contributed by atoms with Crippen molar-refractivity contribution in [2.24, 2.45) is 5.92 Å². The van der Waals surface area contributed by atoms with E-state index in [4.69, 9.17) is 4.74 Å². The van der Waals surface area contributed by atoms with Crippen LogP contribution in [0.4, 0.5) is 0 Å². The molecule has 2 N–H and O–H groups in total. The number of amides is 1. The second kappa shape index (κ2) is 12.7. The van der Waals surface area contributed by atoms with Crippen LogP contribution in [0.3, 0.4) is 0 Å². The predicted molar refractivity (Wildman–Crippen MR) is 140 cm³/mol. The van der Waals surface area contributed by atoms with Crippen molar-refractivity contribution in [3.63, 3.8) is 0 Å². The van der Waals surface area contributed by atoms with Gasteiger partial charge in [0.2, 0.25) is 10.0 Å². The first-order valence-electron chi connectivity index (χ1n) is 11.9. The third-order valence-corrected chi connectivity index (χ3v) is 7.62. The van der Waals surface area contributed by atoms with Gasteiger partial charge in [-0.3, -0.25) is 4.79 Å². The maximum absolute atomic E-state index is 13.5. The van der Waals surface area contributed by atoms with E-state index < -0.39 is 22.2 Å². The highest BCUT2D eigenvalue weighted by Gasteiger charge is 2.31. The molecule has 3 aromatic carbocycles. The van der Waals surface area contributed by atoms with E-state index in [1.807, 2.05) is 50.2 Å². The summed E-state index contributed by atoms with van der Waals surface area (Å²) in [6.07, 6.45) is -0.803. The molecule has 0 aliphatic rings. The van der Waals surface area contributed by atoms with Gasteiger partial charge in [0.15, 0.2) is 0 Å². The van der Waals surface area contributed by atoms with Crippen molar-refractivity contribution in [1.29, 1.82) is 0 Å². The smallest absolute Gasteiger partial charge is 0.251 e. The lowest BCUT2D eigenvalue weighted by molar-refractivity contribution is 0.0776. The molecular formula is C28H34N2O5S. The van der Waals surface area contributed by atoms with Crippen LogP contribution in [0, 0.1) is 5.92 Å². The summed E-state index contributed by atoms with van der Waals surface area (Å²) in [5.74, 6) is 0.247. The Balaban J connectivity index is 1.87. The highest BCUT2D eigenvalue weighted by atomic mass is 32.2. The van der Waals surface area contributed by atoms with E-state index >= 15 is 0 Å². The zero-order valence-electron chi connectivity index (χ0n) is 20.9. The van der Waals surface area contributed by atoms with E-state index in [0.717, 1.165) is 5.56 Å². The first-order chi connectivity index (χ1) is 17.2. The van der Waals surface area contributed by atoms with E-state index in [2.05, 4.69) is 5.32 Å². The average Bonchev–Trinajstić information content (AvgIpc) is 2.88. The highest BCUT2D eigenvalue weighted by Crippen LogP contribution is 2.22. The molecule has 0 bridgehead atoms. The molecule has 0 saturated heterocycles. The quantitative estimate of drug-likeness (QED) is 0.387. The number of hydrogen-bond donors (Lipinski definition) is 2. The lowest BCUT2D eigenvalue weighted by atomic mass is 10.00. The lowest BCUT2D eigenvalue weighted by Gasteiger charge is -2.30. The molecular weight excluding hydrogens is 476 g/mol. The SMILES string of the molecule is COc1ccc(S(=O)(=O)N(CC(C)C)CC(O)[C@H](Cc2ccccc2)NC(=O)c2ccccc2)cc1. The molecule has 2 atom stereocenters. The molecule has 7 nitrogen and oxygen atoms in total. The van der Waals surface area contributed by atoms with Crippen molar-refractivity contribution in [2.75, 3.05) is 20.2 Å². The van der Waals surface area contributed by atoms with Gasteiger partial charge in [-0.25, -0.2) is 8.42 Å². The van der Waals surface area contributed by atoms with Crippen LogP contribution in [0.25, 0.3) is 0 Å². The van der Waals surface area contributed by atoms with Crippen LogP contribution in [0.1, 0.15) is 29.8 Å². The minimum absolute atomic E-state index is 0.0247. The Labute approximate surface area is 213 Å². The van der Waals surface area contributed by atoms with Gasteiger partial charge in [-0.15, -0.1) is 0 Å². The second-order valence-corrected chi connectivity index (χ2v) is 11.0. The van der Waals surface area contributed by atoms with Crippen LogP contribution in [-0.2, 0) is 16.4 Å². The fraction of sp³-hybridized carbons (Fsp3) is 0.321. The molecule has 0 aromatic heterocycles. The van der Waals surface area contributed by atoms with Gasteiger partial charge in [0.05, 0.1) is 24.2 Å². The van der Waals surface area contributed by atoms with Crippen LogP contribution < -0.4 is 10.1 Å². The number of nitrogens with zero attached hydrogens (tertiary/aromatic N) is 1. The van der Waals surface area contributed by atoms with Crippen molar-refractivity contribution in [3.05, 3.63) is 96.1 Å². The van der Waals surface area contributed by atoms with E-state index in [0.29, 0.717) is 17.7 Å². The summed E-state index contributed by atoms with van der Waals surface area (Å²) < 4.78 is 33.5. The Bertz CT molecular complexity index is 1200. The third-order valence-electron chi connectivity index (χ3n) is 5.77. The summed E-state index contributed by atoms with van der Waals surface area (Å²) in [5.41, 5.74) is 1.39. The van der Waals surface area contributed by atoms with Gasteiger partial charge in [-0.2, -0.15) is 4.31 Å². The number of ether oxygens (including phenoxy) is 1. The maximum atomic E-state index is 13.5. The molecule has 8 heteroatoms. The van der Waals surface area contributed by atoms with Crippen LogP contribution in [0.15, 0.2) is 89.8 Å². The number of methoxy groups -OCH3 is 1. The molecule has 192 valence electrons. The monoisotopic (exact) mass is 510 g/mol. The summed E-state index contributed by atoms with van der Waals surface area (Å²) in [5, 5.41) is 14.2. The Kier molecular flexibility index (Phi) is 9.64. The lowest BCUT2D eigenvalue weighted by Crippen LogP contribution is -2.51. The summed E-state index contributed by atoms with van der Waals surface area (Å²) in [6.45, 7) is 3.89. The summed E-state index contributed by atoms with van der Waals surface area (Å²) in [4.78, 5) is 13.0.